The van der Waals surface area contributed by atoms with E-state index in [1.165, 1.54) is 19.1 Å². The number of carbonyl (C=O) groups is 2. The molecule has 0 saturated heterocycles. The number of methoxy groups -OCH3 is 1. The molecule has 27 heavy (non-hydrogen) atoms. The molecule has 1 aromatic rings. The van der Waals surface area contributed by atoms with Crippen LogP contribution in [0.4, 0.5) is 13.2 Å². The lowest BCUT2D eigenvalue weighted by molar-refractivity contribution is -0.375. The molecule has 0 fully saturated rings. The lowest BCUT2D eigenvalue weighted by atomic mass is 9.78. The molecule has 0 spiro atoms. The van der Waals surface area contributed by atoms with Crippen molar-refractivity contribution in [3.8, 4) is 0 Å². The second-order valence-electron chi connectivity index (χ2n) is 5.63. The molecular weight excluding hydrogens is 437 g/mol. The van der Waals surface area contributed by atoms with Gasteiger partial charge >= 0.3 is 23.9 Å². The summed E-state index contributed by atoms with van der Waals surface area (Å²) in [6.07, 6.45) is -4.39. The molecule has 1 aliphatic heterocycles. The Morgan fingerprint density at radius 2 is 1.89 bits per heavy atom. The summed E-state index contributed by atoms with van der Waals surface area (Å²) in [5.41, 5.74) is 0.239. The average molecular weight is 453 g/mol. The summed E-state index contributed by atoms with van der Waals surface area (Å²) in [4.78, 5) is 24.1. The van der Waals surface area contributed by atoms with E-state index in [1.54, 1.807) is 12.1 Å². The monoisotopic (exact) mass is 452 g/mol. The van der Waals surface area contributed by atoms with E-state index < -0.39 is 41.5 Å². The SMILES string of the molecule is CCOC(=O)[C@H]1[C@H](c2ccc(Br)cc2)C=C(C(=O)OC)O[C@]1(O)C(F)(F)F. The zero-order chi connectivity index (χ0) is 20.4. The second kappa shape index (κ2) is 7.89. The molecule has 0 bridgehead atoms. The number of hydrogen-bond donors (Lipinski definition) is 1. The van der Waals surface area contributed by atoms with Gasteiger partial charge in [0.05, 0.1) is 13.7 Å². The van der Waals surface area contributed by atoms with Crippen LogP contribution < -0.4 is 0 Å². The number of rotatable bonds is 4. The van der Waals surface area contributed by atoms with Crippen molar-refractivity contribution in [3.05, 3.63) is 46.1 Å². The first-order valence-electron chi connectivity index (χ1n) is 7.75. The highest BCUT2D eigenvalue weighted by molar-refractivity contribution is 9.10. The Morgan fingerprint density at radius 3 is 2.37 bits per heavy atom. The Morgan fingerprint density at radius 1 is 1.30 bits per heavy atom. The Kier molecular flexibility index (Phi) is 6.21. The molecule has 10 heteroatoms. The van der Waals surface area contributed by atoms with Crippen molar-refractivity contribution in [3.63, 3.8) is 0 Å². The summed E-state index contributed by atoms with van der Waals surface area (Å²) in [6.45, 7) is 1.21. The molecule has 0 radical (unpaired) electrons. The maximum Gasteiger partial charge on any atom is 0.456 e. The first-order chi connectivity index (χ1) is 12.5. The van der Waals surface area contributed by atoms with E-state index in [4.69, 9.17) is 4.74 Å². The third kappa shape index (κ3) is 4.11. The van der Waals surface area contributed by atoms with Crippen molar-refractivity contribution in [1.29, 1.82) is 0 Å². The van der Waals surface area contributed by atoms with Crippen LogP contribution in [-0.4, -0.2) is 42.7 Å². The van der Waals surface area contributed by atoms with Crippen LogP contribution in [-0.2, 0) is 23.8 Å². The largest absolute Gasteiger partial charge is 0.466 e. The van der Waals surface area contributed by atoms with E-state index >= 15 is 0 Å². The maximum absolute atomic E-state index is 13.7. The van der Waals surface area contributed by atoms with Crippen LogP contribution >= 0.6 is 15.9 Å². The molecule has 1 aromatic carbocycles. The van der Waals surface area contributed by atoms with Crippen molar-refractivity contribution in [2.75, 3.05) is 13.7 Å². The number of halogens is 4. The Hall–Kier alpha value is -2.07. The zero-order valence-corrected chi connectivity index (χ0v) is 15.8. The maximum atomic E-state index is 13.7. The van der Waals surface area contributed by atoms with Crippen LogP contribution in [0.25, 0.3) is 0 Å². The fourth-order valence-corrected chi connectivity index (χ4v) is 2.99. The Bertz CT molecular complexity index is 746. The molecule has 6 nitrogen and oxygen atoms in total. The van der Waals surface area contributed by atoms with Crippen LogP contribution in [0.5, 0.6) is 0 Å². The molecule has 3 atom stereocenters. The first kappa shape index (κ1) is 21.2. The van der Waals surface area contributed by atoms with Gasteiger partial charge in [0, 0.05) is 10.4 Å². The van der Waals surface area contributed by atoms with Crippen molar-refractivity contribution < 1.29 is 42.1 Å². The number of allylic oxidation sites excluding steroid dienone is 1. The Balaban J connectivity index is 2.69. The first-order valence-corrected chi connectivity index (χ1v) is 8.54. The summed E-state index contributed by atoms with van der Waals surface area (Å²) in [6, 6.07) is 6.00. The minimum absolute atomic E-state index is 0.204. The molecule has 148 valence electrons. The zero-order valence-electron chi connectivity index (χ0n) is 14.2. The van der Waals surface area contributed by atoms with E-state index in [0.29, 0.717) is 4.47 Å². The van der Waals surface area contributed by atoms with Gasteiger partial charge in [-0.15, -0.1) is 0 Å². The van der Waals surface area contributed by atoms with Crippen molar-refractivity contribution >= 4 is 27.9 Å². The van der Waals surface area contributed by atoms with Gasteiger partial charge in [-0.1, -0.05) is 28.1 Å². The molecule has 1 N–H and O–H groups in total. The minimum atomic E-state index is -5.40. The average Bonchev–Trinajstić information content (AvgIpc) is 2.60. The van der Waals surface area contributed by atoms with E-state index in [1.807, 2.05) is 0 Å². The molecule has 0 aromatic heterocycles. The molecular formula is C17H16BrF3O6. The molecule has 0 saturated carbocycles. The van der Waals surface area contributed by atoms with Gasteiger partial charge in [-0.05, 0) is 30.7 Å². The third-order valence-electron chi connectivity index (χ3n) is 3.97. The topological polar surface area (TPSA) is 82.1 Å². The molecule has 0 unspecified atom stereocenters. The molecule has 0 aliphatic carbocycles. The summed E-state index contributed by atoms with van der Waals surface area (Å²) in [5, 5.41) is 10.4. The van der Waals surface area contributed by atoms with Gasteiger partial charge in [-0.25, -0.2) is 4.79 Å². The van der Waals surface area contributed by atoms with Gasteiger partial charge < -0.3 is 19.3 Å². The van der Waals surface area contributed by atoms with Crippen LogP contribution in [0, 0.1) is 5.92 Å². The van der Waals surface area contributed by atoms with Crippen LogP contribution in [0.1, 0.15) is 18.4 Å². The Labute approximate surface area is 161 Å². The number of esters is 2. The quantitative estimate of drug-likeness (QED) is 0.707. The van der Waals surface area contributed by atoms with Gasteiger partial charge in [0.25, 0.3) is 0 Å². The predicted octanol–water partition coefficient (Wildman–Crippen LogP) is 3.05. The molecule has 1 heterocycles. The highest BCUT2D eigenvalue weighted by Crippen LogP contribution is 2.49. The van der Waals surface area contributed by atoms with Gasteiger partial charge in [0.1, 0.15) is 5.92 Å². The molecule has 2 rings (SSSR count). The normalized spacial score (nSPS) is 25.2. The van der Waals surface area contributed by atoms with E-state index in [2.05, 4.69) is 25.4 Å². The predicted molar refractivity (Wildman–Crippen MR) is 89.2 cm³/mol. The van der Waals surface area contributed by atoms with E-state index in [-0.39, 0.29) is 12.2 Å². The summed E-state index contributed by atoms with van der Waals surface area (Å²) >= 11 is 3.20. The van der Waals surface area contributed by atoms with Crippen molar-refractivity contribution in [2.24, 2.45) is 5.92 Å². The second-order valence-corrected chi connectivity index (χ2v) is 6.54. The molecule has 0 amide bonds. The van der Waals surface area contributed by atoms with Gasteiger partial charge in [-0.2, -0.15) is 13.2 Å². The smallest absolute Gasteiger partial charge is 0.456 e. The van der Waals surface area contributed by atoms with Crippen LogP contribution in [0.15, 0.2) is 40.6 Å². The van der Waals surface area contributed by atoms with Crippen molar-refractivity contribution in [1.82, 2.24) is 0 Å². The van der Waals surface area contributed by atoms with E-state index in [9.17, 15) is 27.9 Å². The third-order valence-corrected chi connectivity index (χ3v) is 4.49. The van der Waals surface area contributed by atoms with Crippen molar-refractivity contribution in [2.45, 2.75) is 24.8 Å². The van der Waals surface area contributed by atoms with Gasteiger partial charge in [0.2, 0.25) is 5.76 Å². The lowest BCUT2D eigenvalue weighted by Crippen LogP contribution is -2.59. The number of alkyl halides is 3. The number of aliphatic hydroxyl groups is 1. The van der Waals surface area contributed by atoms with Crippen LogP contribution in [0.3, 0.4) is 0 Å². The summed E-state index contributed by atoms with van der Waals surface area (Å²) in [5.74, 6) is -10.9. The highest BCUT2D eigenvalue weighted by atomic mass is 79.9. The fourth-order valence-electron chi connectivity index (χ4n) is 2.72. The number of carbonyl (C=O) groups excluding carboxylic acids is 2. The number of hydrogen-bond acceptors (Lipinski definition) is 6. The summed E-state index contributed by atoms with van der Waals surface area (Å²) in [7, 11) is 0.950. The lowest BCUT2D eigenvalue weighted by Gasteiger charge is -2.42. The molecule has 1 aliphatic rings. The summed E-state index contributed by atoms with van der Waals surface area (Å²) < 4.78 is 55.4. The minimum Gasteiger partial charge on any atom is -0.466 e. The highest BCUT2D eigenvalue weighted by Gasteiger charge is 2.68. The number of benzene rings is 1. The van der Waals surface area contributed by atoms with Gasteiger partial charge in [0.15, 0.2) is 0 Å². The fraction of sp³-hybridized carbons (Fsp3) is 0.412. The number of ether oxygens (including phenoxy) is 3. The van der Waals surface area contributed by atoms with Gasteiger partial charge in [-0.3, -0.25) is 4.79 Å². The standard InChI is InChI=1S/C17H16BrF3O6/c1-3-26-15(23)13-11(9-4-6-10(18)7-5-9)8-12(14(22)25-2)27-16(13,24)17(19,20)21/h4-8,11,13,24H,3H2,1-2H3/t11-,13+,16-/m0/s1. The van der Waals surface area contributed by atoms with E-state index in [0.717, 1.165) is 13.2 Å². The van der Waals surface area contributed by atoms with Crippen LogP contribution in [0.2, 0.25) is 0 Å².